The van der Waals surface area contributed by atoms with E-state index in [9.17, 15) is 19.8 Å². The Morgan fingerprint density at radius 1 is 0.974 bits per heavy atom. The standard InChI is InChI=1S/C31H37N3O4/c1-3-4-20-27-32-28(30(36)33(27)22(2)24-16-10-6-11-17-24)29(35)26(21-23-14-8-5-9-15-23)34(31(37)38)25-18-12-7-13-19-25/h5-19,22,26-29,32,35H,3-4,20-21H2,1-2H3,(H,37,38)/t22-,26-,27?,28-,29-/m0/s1. The van der Waals surface area contributed by atoms with E-state index in [0.717, 1.165) is 30.4 Å². The van der Waals surface area contributed by atoms with Gasteiger partial charge in [-0.25, -0.2) is 4.79 Å². The fourth-order valence-electron chi connectivity index (χ4n) is 5.37. The van der Waals surface area contributed by atoms with Crippen LogP contribution in [0, 0.1) is 0 Å². The zero-order chi connectivity index (χ0) is 27.1. The number of anilines is 1. The lowest BCUT2D eigenvalue weighted by atomic mass is 9.94. The van der Waals surface area contributed by atoms with Crippen molar-refractivity contribution < 1.29 is 19.8 Å². The highest BCUT2D eigenvalue weighted by atomic mass is 16.4. The maximum absolute atomic E-state index is 14.0. The zero-order valence-electron chi connectivity index (χ0n) is 22.0. The van der Waals surface area contributed by atoms with Gasteiger partial charge in [-0.15, -0.1) is 0 Å². The number of carbonyl (C=O) groups is 2. The Morgan fingerprint density at radius 2 is 1.55 bits per heavy atom. The first-order valence-electron chi connectivity index (χ1n) is 13.3. The van der Waals surface area contributed by atoms with Gasteiger partial charge in [0.1, 0.15) is 6.04 Å². The summed E-state index contributed by atoms with van der Waals surface area (Å²) in [6.07, 6.45) is 0.171. The third-order valence-electron chi connectivity index (χ3n) is 7.35. The van der Waals surface area contributed by atoms with Crippen molar-refractivity contribution >= 4 is 17.7 Å². The van der Waals surface area contributed by atoms with E-state index >= 15 is 0 Å². The number of para-hydroxylation sites is 1. The number of rotatable bonds is 11. The number of carbonyl (C=O) groups excluding carboxylic acids is 1. The molecule has 1 unspecified atom stereocenters. The Kier molecular flexibility index (Phi) is 9.15. The Balaban J connectivity index is 1.69. The van der Waals surface area contributed by atoms with Crippen molar-refractivity contribution in [1.29, 1.82) is 0 Å². The number of aliphatic hydroxyl groups excluding tert-OH is 1. The molecule has 0 saturated carbocycles. The van der Waals surface area contributed by atoms with Crippen LogP contribution in [0.3, 0.4) is 0 Å². The van der Waals surface area contributed by atoms with Crippen LogP contribution in [0.25, 0.3) is 0 Å². The van der Waals surface area contributed by atoms with Crippen LogP contribution >= 0.6 is 0 Å². The molecule has 4 rings (SSSR count). The highest BCUT2D eigenvalue weighted by molar-refractivity contribution is 5.89. The van der Waals surface area contributed by atoms with Gasteiger partial charge in [-0.1, -0.05) is 98.6 Å². The summed E-state index contributed by atoms with van der Waals surface area (Å²) >= 11 is 0. The molecule has 0 bridgehead atoms. The minimum Gasteiger partial charge on any atom is -0.465 e. The summed E-state index contributed by atoms with van der Waals surface area (Å²) in [5.41, 5.74) is 2.33. The van der Waals surface area contributed by atoms with Gasteiger partial charge in [0.15, 0.2) is 0 Å². The molecular weight excluding hydrogens is 478 g/mol. The molecule has 2 amide bonds. The van der Waals surface area contributed by atoms with E-state index in [-0.39, 0.29) is 24.5 Å². The summed E-state index contributed by atoms with van der Waals surface area (Å²) in [6, 6.07) is 26.0. The molecule has 200 valence electrons. The molecule has 7 heteroatoms. The molecule has 0 aliphatic carbocycles. The smallest absolute Gasteiger partial charge is 0.412 e. The molecule has 3 aromatic rings. The normalized spacial score (nSPS) is 19.7. The summed E-state index contributed by atoms with van der Waals surface area (Å²) in [5, 5.41) is 25.5. The van der Waals surface area contributed by atoms with Gasteiger partial charge >= 0.3 is 6.09 Å². The minimum atomic E-state index is -1.28. The predicted octanol–water partition coefficient (Wildman–Crippen LogP) is 5.22. The maximum Gasteiger partial charge on any atom is 0.412 e. The molecule has 5 atom stereocenters. The Morgan fingerprint density at radius 3 is 2.13 bits per heavy atom. The molecule has 3 N–H and O–H groups in total. The van der Waals surface area contributed by atoms with E-state index in [1.54, 1.807) is 24.3 Å². The van der Waals surface area contributed by atoms with Crippen LogP contribution in [0.4, 0.5) is 10.5 Å². The monoisotopic (exact) mass is 515 g/mol. The molecule has 38 heavy (non-hydrogen) atoms. The number of nitrogens with zero attached hydrogens (tertiary/aromatic N) is 2. The van der Waals surface area contributed by atoms with Crippen molar-refractivity contribution in [2.45, 2.75) is 69.9 Å². The Labute approximate surface area is 224 Å². The molecule has 1 fully saturated rings. The predicted molar refractivity (Wildman–Crippen MR) is 149 cm³/mol. The fourth-order valence-corrected chi connectivity index (χ4v) is 5.37. The number of carboxylic acid groups (broad SMARTS) is 1. The molecule has 1 aliphatic heterocycles. The summed E-state index contributed by atoms with van der Waals surface area (Å²) in [4.78, 5) is 29.6. The molecule has 0 radical (unpaired) electrons. The number of hydrogen-bond acceptors (Lipinski definition) is 4. The maximum atomic E-state index is 14.0. The van der Waals surface area contributed by atoms with Crippen molar-refractivity contribution in [3.8, 4) is 0 Å². The van der Waals surface area contributed by atoms with Gasteiger partial charge in [0.05, 0.1) is 24.4 Å². The second kappa shape index (κ2) is 12.7. The number of nitrogens with one attached hydrogen (secondary N) is 1. The van der Waals surface area contributed by atoms with Crippen molar-refractivity contribution in [1.82, 2.24) is 10.2 Å². The lowest BCUT2D eigenvalue weighted by Crippen LogP contribution is -2.56. The van der Waals surface area contributed by atoms with Crippen molar-refractivity contribution in [3.63, 3.8) is 0 Å². The molecule has 1 saturated heterocycles. The van der Waals surface area contributed by atoms with Gasteiger partial charge in [-0.2, -0.15) is 0 Å². The van der Waals surface area contributed by atoms with E-state index < -0.39 is 24.3 Å². The van der Waals surface area contributed by atoms with E-state index in [0.29, 0.717) is 5.69 Å². The first-order chi connectivity index (χ1) is 18.4. The van der Waals surface area contributed by atoms with Crippen LogP contribution in [-0.2, 0) is 11.2 Å². The lowest BCUT2D eigenvalue weighted by molar-refractivity contribution is -0.134. The summed E-state index contributed by atoms with van der Waals surface area (Å²) < 4.78 is 0. The average molecular weight is 516 g/mol. The van der Waals surface area contributed by atoms with Crippen molar-refractivity contribution in [2.75, 3.05) is 4.90 Å². The van der Waals surface area contributed by atoms with E-state index in [4.69, 9.17) is 0 Å². The van der Waals surface area contributed by atoms with Gasteiger partial charge in [-0.3, -0.25) is 15.0 Å². The first kappa shape index (κ1) is 27.4. The van der Waals surface area contributed by atoms with Gasteiger partial charge in [0, 0.05) is 5.69 Å². The number of hydrogen-bond donors (Lipinski definition) is 3. The molecule has 0 spiro atoms. The zero-order valence-corrected chi connectivity index (χ0v) is 22.0. The average Bonchev–Trinajstić information content (AvgIpc) is 3.27. The largest absolute Gasteiger partial charge is 0.465 e. The Bertz CT molecular complexity index is 1180. The molecule has 7 nitrogen and oxygen atoms in total. The quantitative estimate of drug-likeness (QED) is 0.326. The van der Waals surface area contributed by atoms with E-state index in [1.807, 2.05) is 78.6 Å². The summed E-state index contributed by atoms with van der Waals surface area (Å²) in [6.45, 7) is 4.10. The minimum absolute atomic E-state index is 0.201. The highest BCUT2D eigenvalue weighted by Gasteiger charge is 2.48. The van der Waals surface area contributed by atoms with Gasteiger partial charge < -0.3 is 15.1 Å². The van der Waals surface area contributed by atoms with Gasteiger partial charge in [-0.05, 0) is 43.0 Å². The van der Waals surface area contributed by atoms with Crippen LogP contribution in [-0.4, -0.2) is 51.5 Å². The molecule has 1 heterocycles. The Hall–Kier alpha value is -3.68. The molecule has 1 aliphatic rings. The second-order valence-corrected chi connectivity index (χ2v) is 9.87. The van der Waals surface area contributed by atoms with Gasteiger partial charge in [0.2, 0.25) is 5.91 Å². The fraction of sp³-hybridized carbons (Fsp3) is 0.355. The lowest BCUT2D eigenvalue weighted by Gasteiger charge is -2.35. The summed E-state index contributed by atoms with van der Waals surface area (Å²) in [5.74, 6) is -0.216. The van der Waals surface area contributed by atoms with Crippen LogP contribution in [0.15, 0.2) is 91.0 Å². The van der Waals surface area contributed by atoms with Crippen molar-refractivity contribution in [3.05, 3.63) is 102 Å². The molecule has 0 aromatic heterocycles. The van der Waals surface area contributed by atoms with Crippen LogP contribution in [0.1, 0.15) is 50.3 Å². The second-order valence-electron chi connectivity index (χ2n) is 9.87. The van der Waals surface area contributed by atoms with Crippen LogP contribution < -0.4 is 10.2 Å². The van der Waals surface area contributed by atoms with Crippen LogP contribution in [0.5, 0.6) is 0 Å². The third kappa shape index (κ3) is 6.06. The van der Waals surface area contributed by atoms with Gasteiger partial charge in [0.25, 0.3) is 0 Å². The molecule has 3 aromatic carbocycles. The third-order valence-corrected chi connectivity index (χ3v) is 7.35. The number of amides is 2. The SMILES string of the molecule is CCCCC1N[C@@H]([C@@H](O)[C@H](Cc2ccccc2)N(C(=O)O)c2ccccc2)C(=O)N1[C@@H](C)c1ccccc1. The van der Waals surface area contributed by atoms with E-state index in [2.05, 4.69) is 12.2 Å². The molecular formula is C31H37N3O4. The van der Waals surface area contributed by atoms with Crippen LogP contribution in [0.2, 0.25) is 0 Å². The first-order valence-corrected chi connectivity index (χ1v) is 13.3. The van der Waals surface area contributed by atoms with Crippen molar-refractivity contribution in [2.24, 2.45) is 0 Å². The number of aliphatic hydroxyl groups is 1. The highest BCUT2D eigenvalue weighted by Crippen LogP contribution is 2.31. The van der Waals surface area contributed by atoms with E-state index in [1.165, 1.54) is 4.90 Å². The number of unbranched alkanes of at least 4 members (excludes halogenated alkanes) is 1. The topological polar surface area (TPSA) is 93.1 Å². The number of benzene rings is 3. The summed E-state index contributed by atoms with van der Waals surface area (Å²) in [7, 11) is 0.